The second-order valence-electron chi connectivity index (χ2n) is 5.44. The fourth-order valence-electron chi connectivity index (χ4n) is 2.77. The van der Waals surface area contributed by atoms with Crippen LogP contribution in [0.2, 0.25) is 0 Å². The zero-order chi connectivity index (χ0) is 13.5. The fraction of sp³-hybridized carbons (Fsp3) is 0.571. The first-order chi connectivity index (χ1) is 9.09. The largest absolute Gasteiger partial charge is 0.325 e. The first-order valence-corrected chi connectivity index (χ1v) is 8.09. The monoisotopic (exact) mass is 295 g/mol. The molecule has 2 aromatic heterocycles. The van der Waals surface area contributed by atoms with Crippen LogP contribution in [0, 0.1) is 0 Å². The van der Waals surface area contributed by atoms with Crippen molar-refractivity contribution in [3.05, 3.63) is 24.3 Å². The van der Waals surface area contributed by atoms with Crippen molar-refractivity contribution >= 4 is 34.4 Å². The second kappa shape index (κ2) is 4.98. The molecule has 1 saturated heterocycles. The van der Waals surface area contributed by atoms with Crippen molar-refractivity contribution < 1.29 is 0 Å². The van der Waals surface area contributed by atoms with Crippen LogP contribution in [0.5, 0.6) is 0 Å². The van der Waals surface area contributed by atoms with E-state index in [4.69, 9.17) is 11.6 Å². The molecule has 3 heterocycles. The molecule has 102 valence electrons. The summed E-state index contributed by atoms with van der Waals surface area (Å²) >= 11 is 8.36. The minimum absolute atomic E-state index is 0.0811. The highest BCUT2D eigenvalue weighted by atomic mass is 35.5. The van der Waals surface area contributed by atoms with Crippen LogP contribution >= 0.6 is 23.4 Å². The molecular weight excluding hydrogens is 278 g/mol. The third-order valence-electron chi connectivity index (χ3n) is 3.73. The number of rotatable bonds is 3. The molecule has 3 nitrogen and oxygen atoms in total. The maximum absolute atomic E-state index is 6.30. The van der Waals surface area contributed by atoms with E-state index in [0.29, 0.717) is 4.75 Å². The van der Waals surface area contributed by atoms with Gasteiger partial charge in [0.2, 0.25) is 0 Å². The van der Waals surface area contributed by atoms with Gasteiger partial charge in [-0.2, -0.15) is 11.8 Å². The molecule has 0 saturated carbocycles. The van der Waals surface area contributed by atoms with Gasteiger partial charge in [0.1, 0.15) is 11.3 Å². The van der Waals surface area contributed by atoms with Gasteiger partial charge in [0.25, 0.3) is 0 Å². The predicted octanol–water partition coefficient (Wildman–Crippen LogP) is 4.02. The van der Waals surface area contributed by atoms with Crippen LogP contribution in [-0.4, -0.2) is 25.0 Å². The molecule has 0 N–H and O–H groups in total. The standard InChI is InChI=1S/C14H18ClN3S/c1-10(15)13-17-11-8-16-6-4-12(11)18(13)9-14(2)5-3-7-19-14/h4,6,8,10H,3,5,7,9H2,1-2H3. The van der Waals surface area contributed by atoms with E-state index >= 15 is 0 Å². The number of thioether (sulfide) groups is 1. The van der Waals surface area contributed by atoms with Crippen LogP contribution in [0.1, 0.15) is 37.9 Å². The normalized spacial score (nSPS) is 25.0. The molecule has 0 bridgehead atoms. The average Bonchev–Trinajstić information content (AvgIpc) is 2.95. The van der Waals surface area contributed by atoms with Gasteiger partial charge in [-0.1, -0.05) is 0 Å². The Labute approximate surface area is 122 Å². The van der Waals surface area contributed by atoms with Crippen LogP contribution in [-0.2, 0) is 6.54 Å². The predicted molar refractivity (Wildman–Crippen MR) is 81.9 cm³/mol. The second-order valence-corrected chi connectivity index (χ2v) is 7.78. The molecular formula is C14H18ClN3S. The number of nitrogens with zero attached hydrogens (tertiary/aromatic N) is 3. The summed E-state index contributed by atoms with van der Waals surface area (Å²) in [6.45, 7) is 5.31. The Morgan fingerprint density at radius 1 is 1.58 bits per heavy atom. The van der Waals surface area contributed by atoms with Gasteiger partial charge in [-0.15, -0.1) is 11.6 Å². The molecule has 2 unspecified atom stereocenters. The number of hydrogen-bond donors (Lipinski definition) is 0. The van der Waals surface area contributed by atoms with Gasteiger partial charge in [0.15, 0.2) is 0 Å². The van der Waals surface area contributed by atoms with E-state index in [9.17, 15) is 0 Å². The molecule has 0 radical (unpaired) electrons. The Hall–Kier alpha value is -0.740. The maximum Gasteiger partial charge on any atom is 0.127 e. The van der Waals surface area contributed by atoms with Gasteiger partial charge in [0, 0.05) is 17.5 Å². The summed E-state index contributed by atoms with van der Waals surface area (Å²) in [4.78, 5) is 8.80. The third kappa shape index (κ3) is 2.48. The Morgan fingerprint density at radius 2 is 2.42 bits per heavy atom. The van der Waals surface area contributed by atoms with Crippen molar-refractivity contribution in [1.82, 2.24) is 14.5 Å². The Balaban J connectivity index is 2.07. The van der Waals surface area contributed by atoms with Crippen molar-refractivity contribution in [1.29, 1.82) is 0 Å². The number of pyridine rings is 1. The summed E-state index contributed by atoms with van der Waals surface area (Å²) in [5.41, 5.74) is 2.09. The van der Waals surface area contributed by atoms with Crippen molar-refractivity contribution in [3.8, 4) is 0 Å². The van der Waals surface area contributed by atoms with E-state index in [-0.39, 0.29) is 5.38 Å². The van der Waals surface area contributed by atoms with E-state index < -0.39 is 0 Å². The van der Waals surface area contributed by atoms with Crippen molar-refractivity contribution in [2.75, 3.05) is 5.75 Å². The van der Waals surface area contributed by atoms with Crippen LogP contribution in [0.25, 0.3) is 11.0 Å². The van der Waals surface area contributed by atoms with Crippen molar-refractivity contribution in [3.63, 3.8) is 0 Å². The lowest BCUT2D eigenvalue weighted by Gasteiger charge is -2.25. The van der Waals surface area contributed by atoms with Crippen LogP contribution < -0.4 is 0 Å². The highest BCUT2D eigenvalue weighted by Crippen LogP contribution is 2.40. The summed E-state index contributed by atoms with van der Waals surface area (Å²) in [6.07, 6.45) is 6.21. The summed E-state index contributed by atoms with van der Waals surface area (Å²) in [7, 11) is 0. The third-order valence-corrected chi connectivity index (χ3v) is 5.45. The molecule has 1 aliphatic heterocycles. The molecule has 2 atom stereocenters. The average molecular weight is 296 g/mol. The first-order valence-electron chi connectivity index (χ1n) is 6.67. The lowest BCUT2D eigenvalue weighted by molar-refractivity contribution is 0.505. The van der Waals surface area contributed by atoms with Crippen molar-refractivity contribution in [2.45, 2.75) is 43.4 Å². The number of halogens is 1. The summed E-state index contributed by atoms with van der Waals surface area (Å²) in [5, 5.41) is -0.0811. The van der Waals surface area contributed by atoms with Gasteiger partial charge < -0.3 is 4.57 Å². The molecule has 0 amide bonds. The molecule has 19 heavy (non-hydrogen) atoms. The van der Waals surface area contributed by atoms with Gasteiger partial charge in [-0.05, 0) is 38.5 Å². The summed E-state index contributed by atoms with van der Waals surface area (Å²) in [6, 6.07) is 2.04. The Bertz CT molecular complexity index is 587. The summed E-state index contributed by atoms with van der Waals surface area (Å²) in [5.74, 6) is 2.22. The van der Waals surface area contributed by atoms with Gasteiger partial charge in [0.05, 0.1) is 17.1 Å². The van der Waals surface area contributed by atoms with E-state index in [1.54, 1.807) is 0 Å². The molecule has 0 spiro atoms. The highest BCUT2D eigenvalue weighted by molar-refractivity contribution is 8.00. The number of hydrogen-bond acceptors (Lipinski definition) is 3. The smallest absolute Gasteiger partial charge is 0.127 e. The fourth-order valence-corrected chi connectivity index (χ4v) is 4.22. The van der Waals surface area contributed by atoms with Gasteiger partial charge >= 0.3 is 0 Å². The SMILES string of the molecule is CC(Cl)c1nc2cnccc2n1CC1(C)CCCS1. The molecule has 0 aliphatic carbocycles. The van der Waals surface area contributed by atoms with Crippen LogP contribution in [0.15, 0.2) is 18.5 Å². The molecule has 0 aromatic carbocycles. The highest BCUT2D eigenvalue weighted by Gasteiger charge is 2.31. The van der Waals surface area contributed by atoms with E-state index in [1.807, 2.05) is 25.4 Å². The van der Waals surface area contributed by atoms with Crippen LogP contribution in [0.4, 0.5) is 0 Å². The quantitative estimate of drug-likeness (QED) is 0.801. The zero-order valence-electron chi connectivity index (χ0n) is 11.3. The molecule has 1 fully saturated rings. The minimum Gasteiger partial charge on any atom is -0.325 e. The summed E-state index contributed by atoms with van der Waals surface area (Å²) < 4.78 is 2.59. The van der Waals surface area contributed by atoms with Gasteiger partial charge in [-0.3, -0.25) is 4.98 Å². The number of fused-ring (bicyclic) bond motifs is 1. The molecule has 3 rings (SSSR count). The molecule has 2 aromatic rings. The number of imidazole rings is 1. The minimum atomic E-state index is -0.0811. The zero-order valence-corrected chi connectivity index (χ0v) is 12.8. The van der Waals surface area contributed by atoms with Crippen molar-refractivity contribution in [2.24, 2.45) is 0 Å². The number of alkyl halides is 1. The first kappa shape index (κ1) is 13.3. The van der Waals surface area contributed by atoms with E-state index in [1.165, 1.54) is 18.6 Å². The van der Waals surface area contributed by atoms with E-state index in [0.717, 1.165) is 23.4 Å². The van der Waals surface area contributed by atoms with Crippen LogP contribution in [0.3, 0.4) is 0 Å². The lowest BCUT2D eigenvalue weighted by atomic mass is 10.1. The number of aromatic nitrogens is 3. The Kier molecular flexibility index (Phi) is 3.48. The Morgan fingerprint density at radius 3 is 3.11 bits per heavy atom. The molecule has 1 aliphatic rings. The van der Waals surface area contributed by atoms with Gasteiger partial charge in [-0.25, -0.2) is 4.98 Å². The topological polar surface area (TPSA) is 30.7 Å². The lowest BCUT2D eigenvalue weighted by Crippen LogP contribution is -2.25. The maximum atomic E-state index is 6.30. The van der Waals surface area contributed by atoms with E-state index in [2.05, 4.69) is 33.2 Å². The molecule has 5 heteroatoms.